The molecule has 14 heteroatoms. The van der Waals surface area contributed by atoms with Gasteiger partial charge >= 0.3 is 0 Å². The van der Waals surface area contributed by atoms with E-state index in [0.717, 1.165) is 32.8 Å². The molecule has 5 aromatic rings. The number of hydrogen-bond acceptors (Lipinski definition) is 12. The number of anilines is 2. The van der Waals surface area contributed by atoms with Crippen molar-refractivity contribution in [3.8, 4) is 0 Å². The Balaban J connectivity index is 1.18. The van der Waals surface area contributed by atoms with Gasteiger partial charge in [0.15, 0.2) is 23.2 Å². The summed E-state index contributed by atoms with van der Waals surface area (Å²) in [4.78, 5) is 20.6. The van der Waals surface area contributed by atoms with Crippen molar-refractivity contribution in [1.82, 2.24) is 39.2 Å². The molecule has 14 nitrogen and oxygen atoms in total. The molecule has 0 bridgehead atoms. The van der Waals surface area contributed by atoms with Gasteiger partial charge in [-0.1, -0.05) is 60.7 Å². The number of aliphatic hydroxyl groups excluding tert-OH is 2. The second-order valence-electron chi connectivity index (χ2n) is 11.5. The van der Waals surface area contributed by atoms with E-state index in [-0.39, 0.29) is 12.5 Å². The molecule has 3 aromatic heterocycles. The van der Waals surface area contributed by atoms with Crippen molar-refractivity contribution in [3.05, 3.63) is 90.8 Å². The van der Waals surface area contributed by atoms with Crippen molar-refractivity contribution < 1.29 is 19.7 Å². The minimum atomic E-state index is -1.21. The molecule has 240 valence electrons. The molecule has 5 heterocycles. The molecule has 2 aliphatic heterocycles. The predicted octanol–water partition coefficient (Wildman–Crippen LogP) is 1.73. The Morgan fingerprint density at radius 3 is 2.33 bits per heavy atom. The van der Waals surface area contributed by atoms with Crippen molar-refractivity contribution in [3.63, 3.8) is 0 Å². The second-order valence-corrected chi connectivity index (χ2v) is 11.5. The molecule has 4 atom stereocenters. The van der Waals surface area contributed by atoms with E-state index >= 15 is 0 Å². The number of imidazole rings is 1. The Hall–Kier alpha value is -4.47. The third kappa shape index (κ3) is 6.57. The van der Waals surface area contributed by atoms with Crippen LogP contribution < -0.4 is 10.6 Å². The zero-order valence-electron chi connectivity index (χ0n) is 25.3. The highest BCUT2D eigenvalue weighted by molar-refractivity contribution is 5.84. The van der Waals surface area contributed by atoms with Crippen molar-refractivity contribution in [2.24, 2.45) is 0 Å². The predicted molar refractivity (Wildman–Crippen MR) is 170 cm³/mol. The van der Waals surface area contributed by atoms with E-state index in [4.69, 9.17) is 19.4 Å². The van der Waals surface area contributed by atoms with Crippen LogP contribution in [0.1, 0.15) is 23.3 Å². The molecule has 4 N–H and O–H groups in total. The van der Waals surface area contributed by atoms with E-state index in [1.807, 2.05) is 36.4 Å². The lowest BCUT2D eigenvalue weighted by Gasteiger charge is -2.26. The quantitative estimate of drug-likeness (QED) is 0.159. The lowest BCUT2D eigenvalue weighted by Crippen LogP contribution is -2.39. The van der Waals surface area contributed by atoms with Crippen LogP contribution in [0.3, 0.4) is 0 Å². The summed E-state index contributed by atoms with van der Waals surface area (Å²) in [5.74, 6) is 1.04. The van der Waals surface area contributed by atoms with Crippen molar-refractivity contribution in [2.75, 3.05) is 56.6 Å². The molecule has 0 amide bonds. The van der Waals surface area contributed by atoms with E-state index in [0.29, 0.717) is 36.0 Å². The van der Waals surface area contributed by atoms with Gasteiger partial charge in [-0.25, -0.2) is 9.97 Å². The first kappa shape index (κ1) is 30.2. The smallest absolute Gasteiger partial charge is 0.226 e. The van der Waals surface area contributed by atoms with Gasteiger partial charge in [0.05, 0.1) is 26.1 Å². The van der Waals surface area contributed by atoms with Crippen molar-refractivity contribution in [2.45, 2.75) is 37.0 Å². The highest BCUT2D eigenvalue weighted by atomic mass is 16.6. The molecule has 0 aliphatic carbocycles. The molecule has 2 fully saturated rings. The summed E-state index contributed by atoms with van der Waals surface area (Å²) in [7, 11) is 0. The van der Waals surface area contributed by atoms with E-state index in [9.17, 15) is 10.2 Å². The Morgan fingerprint density at radius 2 is 1.63 bits per heavy atom. The maximum absolute atomic E-state index is 11.1. The number of nitrogens with zero attached hydrogens (tertiary/aromatic N) is 8. The minimum Gasteiger partial charge on any atom is -0.387 e. The van der Waals surface area contributed by atoms with E-state index < -0.39 is 24.5 Å². The monoisotopic (exact) mass is 626 g/mol. The zero-order chi connectivity index (χ0) is 31.3. The van der Waals surface area contributed by atoms with Gasteiger partial charge in [0.25, 0.3) is 0 Å². The number of aromatic nitrogens is 7. The number of ether oxygens (including phenoxy) is 2. The van der Waals surface area contributed by atoms with Crippen LogP contribution in [0.25, 0.3) is 11.2 Å². The van der Waals surface area contributed by atoms with Crippen LogP contribution >= 0.6 is 0 Å². The highest BCUT2D eigenvalue weighted by Crippen LogP contribution is 2.34. The normalized spacial score (nSPS) is 22.1. The van der Waals surface area contributed by atoms with Crippen LogP contribution in [0.2, 0.25) is 0 Å². The van der Waals surface area contributed by atoms with Gasteiger partial charge in [-0.15, -0.1) is 0 Å². The number of aliphatic hydroxyl groups is 2. The fourth-order valence-electron chi connectivity index (χ4n) is 6.07. The molecule has 2 saturated heterocycles. The summed E-state index contributed by atoms with van der Waals surface area (Å²) in [6.07, 6.45) is 0.552. The summed E-state index contributed by atoms with van der Waals surface area (Å²) < 4.78 is 14.9. The van der Waals surface area contributed by atoms with Crippen molar-refractivity contribution >= 4 is 22.9 Å². The van der Waals surface area contributed by atoms with E-state index in [2.05, 4.69) is 54.9 Å². The molecule has 46 heavy (non-hydrogen) atoms. The Labute approximate surface area is 266 Å². The lowest BCUT2D eigenvalue weighted by molar-refractivity contribution is -0.0402. The number of hydrogen-bond donors (Lipinski definition) is 4. The van der Waals surface area contributed by atoms with Gasteiger partial charge < -0.3 is 30.3 Å². The maximum atomic E-state index is 11.1. The Morgan fingerprint density at radius 1 is 0.891 bits per heavy atom. The minimum absolute atomic E-state index is 0.0555. The molecular weight excluding hydrogens is 588 g/mol. The summed E-state index contributed by atoms with van der Waals surface area (Å²) >= 11 is 0. The van der Waals surface area contributed by atoms with Crippen LogP contribution in [0.4, 0.5) is 11.8 Å². The first-order valence-electron chi connectivity index (χ1n) is 15.6. The van der Waals surface area contributed by atoms with Gasteiger partial charge in [0.1, 0.15) is 31.0 Å². The van der Waals surface area contributed by atoms with Crippen LogP contribution in [0, 0.1) is 0 Å². The number of fused-ring (bicyclic) bond motifs is 1. The lowest BCUT2D eigenvalue weighted by atomic mass is 9.91. The average Bonchev–Trinajstić information content (AvgIpc) is 3.83. The number of morpholine rings is 1. The van der Waals surface area contributed by atoms with E-state index in [1.54, 1.807) is 21.9 Å². The van der Waals surface area contributed by atoms with Gasteiger partial charge in [0, 0.05) is 38.6 Å². The largest absolute Gasteiger partial charge is 0.387 e. The zero-order valence-corrected chi connectivity index (χ0v) is 25.3. The number of rotatable bonds is 12. The van der Waals surface area contributed by atoms with Crippen molar-refractivity contribution in [1.29, 1.82) is 0 Å². The maximum Gasteiger partial charge on any atom is 0.226 e. The summed E-state index contributed by atoms with van der Waals surface area (Å²) in [6, 6.07) is 20.7. The van der Waals surface area contributed by atoms with E-state index in [1.165, 1.54) is 17.5 Å². The first-order valence-corrected chi connectivity index (χ1v) is 15.6. The number of benzene rings is 2. The second kappa shape index (κ2) is 13.9. The molecular formula is C32H38N10O4. The fraction of sp³-hybridized carbons (Fsp3) is 0.406. The van der Waals surface area contributed by atoms with Gasteiger partial charge in [-0.05, 0) is 11.1 Å². The van der Waals surface area contributed by atoms with Gasteiger partial charge in [-0.2, -0.15) is 15.1 Å². The molecule has 2 aromatic carbocycles. The van der Waals surface area contributed by atoms with Crippen LogP contribution in [0.5, 0.6) is 0 Å². The highest BCUT2D eigenvalue weighted by Gasteiger charge is 2.44. The topological polar surface area (TPSA) is 161 Å². The summed E-state index contributed by atoms with van der Waals surface area (Å²) in [6.45, 7) is 5.47. The molecule has 0 spiro atoms. The molecule has 7 rings (SSSR count). The van der Waals surface area contributed by atoms with Crippen LogP contribution in [-0.2, 0) is 16.0 Å². The number of nitrogens with one attached hydrogen (secondary N) is 2. The average molecular weight is 627 g/mol. The molecule has 0 unspecified atom stereocenters. The summed E-state index contributed by atoms with van der Waals surface area (Å²) in [5, 5.41) is 33.0. The Kier molecular flexibility index (Phi) is 9.12. The molecule has 2 aliphatic rings. The summed E-state index contributed by atoms with van der Waals surface area (Å²) in [5.41, 5.74) is 3.36. The molecule has 0 saturated carbocycles. The third-order valence-corrected chi connectivity index (χ3v) is 8.56. The first-order chi connectivity index (χ1) is 22.6. The third-order valence-electron chi connectivity index (χ3n) is 8.56. The van der Waals surface area contributed by atoms with Gasteiger partial charge in [-0.3, -0.25) is 14.1 Å². The Bertz CT molecular complexity index is 1640. The fourth-order valence-corrected chi connectivity index (χ4v) is 6.07. The standard InChI is InChI=1S/C32H38N10O4/c43-27-25(18-41-20-33-19-37-41)46-31(28(27)44)42-21-36-26-29(38-32(39-30(26)42)34-11-12-40-13-15-45-16-14-40)35-17-24(22-7-3-1-4-8-22)23-9-5-2-6-10-23/h1-10,19-21,24-25,27-28,31,43-44H,11-18H2,(H2,34,35,38,39)/t25-,27-,28-,31-/m1/s1. The van der Waals surface area contributed by atoms with Crippen LogP contribution in [0.15, 0.2) is 79.6 Å². The SMILES string of the molecule is O[C@@H]1[C@H](O)[C@@H](Cn2cncn2)O[C@H]1n1cnc2c(NCC(c3ccccc3)c3ccccc3)nc(NCCN3CCOCC3)nc21. The molecule has 0 radical (unpaired) electrons. The van der Waals surface area contributed by atoms with Gasteiger partial charge in [0.2, 0.25) is 5.95 Å². The van der Waals surface area contributed by atoms with Crippen LogP contribution in [-0.4, -0.2) is 114 Å².